The fourth-order valence-electron chi connectivity index (χ4n) is 2.59. The minimum absolute atomic E-state index is 0.0447. The first-order chi connectivity index (χ1) is 13.6. The van der Waals surface area contributed by atoms with Crippen molar-refractivity contribution < 1.29 is 14.3 Å². The molecule has 0 atom stereocenters. The van der Waals surface area contributed by atoms with Gasteiger partial charge in [-0.2, -0.15) is 0 Å². The van der Waals surface area contributed by atoms with Gasteiger partial charge in [0.25, 0.3) is 0 Å². The molecule has 1 aromatic heterocycles. The summed E-state index contributed by atoms with van der Waals surface area (Å²) in [5, 5.41) is 11.2. The van der Waals surface area contributed by atoms with E-state index in [-0.39, 0.29) is 23.2 Å². The fraction of sp³-hybridized carbons (Fsp3) is 0.727. The number of hydrogen-bond acceptors (Lipinski definition) is 5. The molecule has 164 valence electrons. The number of allylic oxidation sites excluding steroid dienone is 1. The van der Waals surface area contributed by atoms with Gasteiger partial charge in [0, 0.05) is 31.3 Å². The first-order valence-electron chi connectivity index (χ1n) is 10.6. The molecule has 0 aliphatic heterocycles. The lowest BCUT2D eigenvalue weighted by atomic mass is 10.1. The van der Waals surface area contributed by atoms with Gasteiger partial charge >= 0.3 is 0 Å². The number of unbranched alkanes of at least 4 members (excludes halogenated alkanes) is 1. The minimum Gasteiger partial charge on any atom is -0.374 e. The Morgan fingerprint density at radius 2 is 1.93 bits per heavy atom. The predicted molar refractivity (Wildman–Crippen MR) is 114 cm³/mol. The summed E-state index contributed by atoms with van der Waals surface area (Å²) in [6, 6.07) is 0. The van der Waals surface area contributed by atoms with Gasteiger partial charge < -0.3 is 10.1 Å². The number of ether oxygens (including phenoxy) is 1. The van der Waals surface area contributed by atoms with E-state index in [1.165, 1.54) is 12.2 Å². The van der Waals surface area contributed by atoms with E-state index in [9.17, 15) is 9.59 Å². The molecular formula is C22H38N4O3. The lowest BCUT2D eigenvalue weighted by Crippen LogP contribution is -2.31. The molecule has 0 fully saturated rings. The number of nitrogens with zero attached hydrogens (tertiary/aromatic N) is 3. The van der Waals surface area contributed by atoms with Gasteiger partial charge in [-0.25, -0.2) is 4.68 Å². The topological polar surface area (TPSA) is 86.1 Å². The van der Waals surface area contributed by atoms with Crippen LogP contribution in [0, 0.1) is 11.8 Å². The summed E-state index contributed by atoms with van der Waals surface area (Å²) in [7, 11) is 0. The van der Waals surface area contributed by atoms with Gasteiger partial charge in [0.1, 0.15) is 0 Å². The molecule has 0 radical (unpaired) electrons. The Kier molecular flexibility index (Phi) is 10.8. The molecule has 1 amide bonds. The van der Waals surface area contributed by atoms with Gasteiger partial charge in [0.15, 0.2) is 5.78 Å². The van der Waals surface area contributed by atoms with Crippen molar-refractivity contribution in [2.24, 2.45) is 11.8 Å². The summed E-state index contributed by atoms with van der Waals surface area (Å²) >= 11 is 0. The molecule has 0 saturated heterocycles. The third-order valence-electron chi connectivity index (χ3n) is 4.44. The van der Waals surface area contributed by atoms with E-state index in [1.807, 2.05) is 24.7 Å². The van der Waals surface area contributed by atoms with Gasteiger partial charge in [-0.3, -0.25) is 9.59 Å². The molecule has 1 rings (SSSR count). The van der Waals surface area contributed by atoms with Gasteiger partial charge in [0.05, 0.1) is 17.8 Å². The Hall–Kier alpha value is -2.02. The number of carbonyl (C=O) groups is 2. The van der Waals surface area contributed by atoms with Crippen LogP contribution in [0.3, 0.4) is 0 Å². The van der Waals surface area contributed by atoms with Crippen LogP contribution in [0.5, 0.6) is 0 Å². The van der Waals surface area contributed by atoms with Crippen LogP contribution in [-0.2, 0) is 27.3 Å². The smallest absolute Gasteiger partial charge is 0.244 e. The molecule has 0 spiro atoms. The van der Waals surface area contributed by atoms with E-state index >= 15 is 0 Å². The number of amides is 1. The Bertz CT molecular complexity index is 663. The quantitative estimate of drug-likeness (QED) is 0.378. The Balaban J connectivity index is 2.26. The molecule has 0 bridgehead atoms. The van der Waals surface area contributed by atoms with Crippen LogP contribution >= 0.6 is 0 Å². The summed E-state index contributed by atoms with van der Waals surface area (Å²) in [6.45, 7) is 14.1. The van der Waals surface area contributed by atoms with Crippen LogP contribution in [0.25, 0.3) is 0 Å². The zero-order chi connectivity index (χ0) is 21.9. The molecule has 7 nitrogen and oxygen atoms in total. The number of hydrogen-bond donors (Lipinski definition) is 1. The lowest BCUT2D eigenvalue weighted by Gasteiger charge is -2.25. The number of aryl methyl sites for hydroxylation is 1. The molecule has 1 N–H and O–H groups in total. The Morgan fingerprint density at radius 1 is 1.21 bits per heavy atom. The van der Waals surface area contributed by atoms with E-state index in [0.29, 0.717) is 19.0 Å². The molecule has 0 aromatic carbocycles. The molecule has 0 unspecified atom stereocenters. The lowest BCUT2D eigenvalue weighted by molar-refractivity contribution is -0.119. The number of aromatic nitrogens is 3. The van der Waals surface area contributed by atoms with Crippen LogP contribution in [0.15, 0.2) is 18.3 Å². The molecule has 0 aliphatic carbocycles. The maximum atomic E-state index is 11.7. The first kappa shape index (κ1) is 25.0. The van der Waals surface area contributed by atoms with E-state index < -0.39 is 0 Å². The highest BCUT2D eigenvalue weighted by molar-refractivity contribution is 5.98. The third-order valence-corrected chi connectivity index (χ3v) is 4.44. The SMILES string of the molecule is CC(C)CCOC(C)(C)Cn1cc(CCCCNC(=O)/C=C/C(=O)C(C)C)nn1. The molecule has 0 aliphatic rings. The third kappa shape index (κ3) is 11.5. The zero-order valence-electron chi connectivity index (χ0n) is 18.9. The van der Waals surface area contributed by atoms with E-state index in [0.717, 1.165) is 38.0 Å². The average molecular weight is 407 g/mol. The summed E-state index contributed by atoms with van der Waals surface area (Å²) in [5.74, 6) is 0.262. The van der Waals surface area contributed by atoms with Crippen LogP contribution < -0.4 is 5.32 Å². The number of ketones is 1. The molecule has 1 aromatic rings. The summed E-state index contributed by atoms with van der Waals surface area (Å²) in [5.41, 5.74) is 0.658. The van der Waals surface area contributed by atoms with Gasteiger partial charge in [-0.05, 0) is 51.5 Å². The Labute approximate surface area is 175 Å². The molecule has 7 heteroatoms. The van der Waals surface area contributed by atoms with E-state index in [2.05, 4.69) is 43.3 Å². The predicted octanol–water partition coefficient (Wildman–Crippen LogP) is 3.34. The standard InChI is InChI=1S/C22H38N4O3/c1-17(2)12-14-29-22(5,6)16-26-15-19(24-25-26)9-7-8-13-23-21(28)11-10-20(27)18(3)4/h10-11,15,17-18H,7-9,12-14,16H2,1-6H3,(H,23,28)/b11-10+. The highest BCUT2D eigenvalue weighted by Gasteiger charge is 2.20. The van der Waals surface area contributed by atoms with Gasteiger partial charge in [-0.1, -0.05) is 32.9 Å². The van der Waals surface area contributed by atoms with E-state index in [1.54, 1.807) is 0 Å². The summed E-state index contributed by atoms with van der Waals surface area (Å²) in [6.07, 6.45) is 8.21. The van der Waals surface area contributed by atoms with Crippen molar-refractivity contribution in [1.29, 1.82) is 0 Å². The maximum absolute atomic E-state index is 11.7. The highest BCUT2D eigenvalue weighted by Crippen LogP contribution is 2.14. The van der Waals surface area contributed by atoms with Crippen LogP contribution in [0.4, 0.5) is 0 Å². The maximum Gasteiger partial charge on any atom is 0.244 e. The first-order valence-corrected chi connectivity index (χ1v) is 10.6. The highest BCUT2D eigenvalue weighted by atomic mass is 16.5. The van der Waals surface area contributed by atoms with Crippen molar-refractivity contribution in [3.05, 3.63) is 24.0 Å². The van der Waals surface area contributed by atoms with Crippen LogP contribution in [0.2, 0.25) is 0 Å². The second-order valence-electron chi connectivity index (χ2n) is 8.84. The fourth-order valence-corrected chi connectivity index (χ4v) is 2.59. The van der Waals surface area contributed by atoms with Crippen molar-refractivity contribution in [3.8, 4) is 0 Å². The number of rotatable bonds is 14. The van der Waals surface area contributed by atoms with Crippen LogP contribution in [0.1, 0.15) is 66.5 Å². The minimum atomic E-state index is -0.283. The second kappa shape index (κ2) is 12.5. The molecule has 1 heterocycles. The Morgan fingerprint density at radius 3 is 2.59 bits per heavy atom. The normalized spacial score (nSPS) is 12.3. The monoisotopic (exact) mass is 406 g/mol. The molecule has 29 heavy (non-hydrogen) atoms. The van der Waals surface area contributed by atoms with Crippen molar-refractivity contribution in [3.63, 3.8) is 0 Å². The molecule has 0 saturated carbocycles. The van der Waals surface area contributed by atoms with E-state index in [4.69, 9.17) is 4.74 Å². The van der Waals surface area contributed by atoms with Crippen molar-refractivity contribution in [2.45, 2.75) is 79.4 Å². The molecular weight excluding hydrogens is 368 g/mol. The van der Waals surface area contributed by atoms with Crippen molar-refractivity contribution in [2.75, 3.05) is 13.2 Å². The largest absolute Gasteiger partial charge is 0.374 e. The van der Waals surface area contributed by atoms with Gasteiger partial charge in [-0.15, -0.1) is 5.10 Å². The zero-order valence-corrected chi connectivity index (χ0v) is 18.9. The summed E-state index contributed by atoms with van der Waals surface area (Å²) < 4.78 is 7.82. The van der Waals surface area contributed by atoms with Gasteiger partial charge in [0.2, 0.25) is 5.91 Å². The van der Waals surface area contributed by atoms with Crippen LogP contribution in [-0.4, -0.2) is 45.4 Å². The van der Waals surface area contributed by atoms with Crippen molar-refractivity contribution >= 4 is 11.7 Å². The second-order valence-corrected chi connectivity index (χ2v) is 8.84. The number of nitrogens with one attached hydrogen (secondary N) is 1. The van der Waals surface area contributed by atoms with Crippen molar-refractivity contribution in [1.82, 2.24) is 20.3 Å². The number of carbonyl (C=O) groups excluding carboxylic acids is 2. The average Bonchev–Trinajstić information content (AvgIpc) is 3.05. The summed E-state index contributed by atoms with van der Waals surface area (Å²) in [4.78, 5) is 23.1.